The normalized spacial score (nSPS) is 19.6. The van der Waals surface area contributed by atoms with Crippen molar-refractivity contribution in [1.29, 1.82) is 0 Å². The highest BCUT2D eigenvalue weighted by atomic mass is 16.1. The Morgan fingerprint density at radius 2 is 1.79 bits per heavy atom. The Hall–Kier alpha value is -0.330. The van der Waals surface area contributed by atoms with Crippen LogP contribution in [0.2, 0.25) is 0 Å². The minimum absolute atomic E-state index is 0.342. The summed E-state index contributed by atoms with van der Waals surface area (Å²) in [6.07, 6.45) is 8.81. The van der Waals surface area contributed by atoms with Gasteiger partial charge in [-0.05, 0) is 37.5 Å². The third-order valence-electron chi connectivity index (χ3n) is 3.83. The van der Waals surface area contributed by atoms with Crippen molar-refractivity contribution in [3.05, 3.63) is 0 Å². The highest BCUT2D eigenvalue weighted by Gasteiger charge is 2.30. The SMILES string of the molecule is CC(=O)CCC(C)(C)C1CCCCC1. The highest BCUT2D eigenvalue weighted by molar-refractivity contribution is 5.75. The second-order valence-corrected chi connectivity index (χ2v) is 5.53. The van der Waals surface area contributed by atoms with Gasteiger partial charge in [0, 0.05) is 6.42 Å². The highest BCUT2D eigenvalue weighted by Crippen LogP contribution is 2.41. The van der Waals surface area contributed by atoms with E-state index < -0.39 is 0 Å². The summed E-state index contributed by atoms with van der Waals surface area (Å²) in [5.41, 5.74) is 0.381. The molecule has 0 bridgehead atoms. The maximum Gasteiger partial charge on any atom is 0.129 e. The summed E-state index contributed by atoms with van der Waals surface area (Å²) in [6, 6.07) is 0. The molecule has 14 heavy (non-hydrogen) atoms. The van der Waals surface area contributed by atoms with Crippen molar-refractivity contribution < 1.29 is 4.79 Å². The molecule has 0 spiro atoms. The molecule has 1 aliphatic carbocycles. The molecule has 1 heteroatoms. The minimum Gasteiger partial charge on any atom is -0.300 e. The lowest BCUT2D eigenvalue weighted by molar-refractivity contribution is -0.117. The molecular formula is C13H24O. The van der Waals surface area contributed by atoms with E-state index in [9.17, 15) is 4.79 Å². The van der Waals surface area contributed by atoms with Gasteiger partial charge in [0.2, 0.25) is 0 Å². The van der Waals surface area contributed by atoms with Crippen LogP contribution in [0.1, 0.15) is 65.7 Å². The monoisotopic (exact) mass is 196 g/mol. The lowest BCUT2D eigenvalue weighted by Crippen LogP contribution is -2.26. The van der Waals surface area contributed by atoms with E-state index in [1.165, 1.54) is 32.1 Å². The first kappa shape index (κ1) is 11.7. The molecule has 1 fully saturated rings. The molecular weight excluding hydrogens is 172 g/mol. The molecule has 0 amide bonds. The van der Waals surface area contributed by atoms with Crippen molar-refractivity contribution in [1.82, 2.24) is 0 Å². The van der Waals surface area contributed by atoms with Crippen LogP contribution < -0.4 is 0 Å². The molecule has 0 aromatic heterocycles. The van der Waals surface area contributed by atoms with Gasteiger partial charge in [-0.15, -0.1) is 0 Å². The molecule has 0 aromatic carbocycles. The average molecular weight is 196 g/mol. The Balaban J connectivity index is 2.41. The fourth-order valence-electron chi connectivity index (χ4n) is 2.59. The predicted octanol–water partition coefficient (Wildman–Crippen LogP) is 3.96. The quantitative estimate of drug-likeness (QED) is 0.665. The van der Waals surface area contributed by atoms with E-state index in [0.29, 0.717) is 11.2 Å². The van der Waals surface area contributed by atoms with Crippen LogP contribution in [-0.4, -0.2) is 5.78 Å². The second kappa shape index (κ2) is 4.95. The number of Topliss-reactive ketones (excluding diaryl/α,β-unsaturated/α-hetero) is 1. The second-order valence-electron chi connectivity index (χ2n) is 5.53. The molecule has 1 aliphatic rings. The summed E-state index contributed by atoms with van der Waals surface area (Å²) in [5, 5.41) is 0. The van der Waals surface area contributed by atoms with Gasteiger partial charge in [0.05, 0.1) is 0 Å². The molecule has 0 aliphatic heterocycles. The van der Waals surface area contributed by atoms with Crippen molar-refractivity contribution in [3.63, 3.8) is 0 Å². The molecule has 0 N–H and O–H groups in total. The lowest BCUT2D eigenvalue weighted by Gasteiger charge is -2.37. The lowest BCUT2D eigenvalue weighted by atomic mass is 9.69. The first-order chi connectivity index (χ1) is 6.52. The zero-order valence-corrected chi connectivity index (χ0v) is 9.94. The Morgan fingerprint density at radius 1 is 1.21 bits per heavy atom. The van der Waals surface area contributed by atoms with E-state index in [0.717, 1.165) is 18.8 Å². The van der Waals surface area contributed by atoms with E-state index in [2.05, 4.69) is 13.8 Å². The van der Waals surface area contributed by atoms with Gasteiger partial charge in [-0.2, -0.15) is 0 Å². The number of carbonyl (C=O) groups is 1. The standard InChI is InChI=1S/C13H24O/c1-11(14)9-10-13(2,3)12-7-5-4-6-8-12/h12H,4-10H2,1-3H3. The summed E-state index contributed by atoms with van der Waals surface area (Å²) in [7, 11) is 0. The van der Waals surface area contributed by atoms with Gasteiger partial charge in [0.25, 0.3) is 0 Å². The molecule has 82 valence electrons. The van der Waals surface area contributed by atoms with Crippen LogP contribution in [0.4, 0.5) is 0 Å². The molecule has 0 unspecified atom stereocenters. The van der Waals surface area contributed by atoms with Crippen molar-refractivity contribution in [2.24, 2.45) is 11.3 Å². The molecule has 0 atom stereocenters. The fourth-order valence-corrected chi connectivity index (χ4v) is 2.59. The maximum atomic E-state index is 11.0. The Bertz CT molecular complexity index is 187. The van der Waals surface area contributed by atoms with Gasteiger partial charge >= 0.3 is 0 Å². The summed E-state index contributed by atoms with van der Waals surface area (Å²) in [4.78, 5) is 11.0. The molecule has 0 aromatic rings. The third kappa shape index (κ3) is 3.43. The van der Waals surface area contributed by atoms with Crippen LogP contribution in [0.25, 0.3) is 0 Å². The van der Waals surface area contributed by atoms with Gasteiger partial charge in [0.1, 0.15) is 5.78 Å². The van der Waals surface area contributed by atoms with Gasteiger partial charge in [-0.3, -0.25) is 0 Å². The van der Waals surface area contributed by atoms with Crippen LogP contribution in [0.15, 0.2) is 0 Å². The zero-order chi connectivity index (χ0) is 10.6. The number of rotatable bonds is 4. The van der Waals surface area contributed by atoms with Gasteiger partial charge < -0.3 is 4.79 Å². The summed E-state index contributed by atoms with van der Waals surface area (Å²) >= 11 is 0. The van der Waals surface area contributed by atoms with Gasteiger partial charge in [-0.25, -0.2) is 0 Å². The first-order valence-electron chi connectivity index (χ1n) is 6.02. The topological polar surface area (TPSA) is 17.1 Å². The van der Waals surface area contributed by atoms with E-state index in [4.69, 9.17) is 0 Å². The average Bonchev–Trinajstić information content (AvgIpc) is 2.16. The minimum atomic E-state index is 0.342. The predicted molar refractivity (Wildman–Crippen MR) is 60.3 cm³/mol. The Morgan fingerprint density at radius 3 is 2.29 bits per heavy atom. The van der Waals surface area contributed by atoms with Gasteiger partial charge in [0.15, 0.2) is 0 Å². The number of ketones is 1. The fraction of sp³-hybridized carbons (Fsp3) is 0.923. The Kier molecular flexibility index (Phi) is 4.15. The molecule has 0 saturated heterocycles. The molecule has 0 radical (unpaired) electrons. The van der Waals surface area contributed by atoms with E-state index in [1.807, 2.05) is 0 Å². The summed E-state index contributed by atoms with van der Waals surface area (Å²) in [6.45, 7) is 6.38. The number of hydrogen-bond donors (Lipinski definition) is 0. The largest absolute Gasteiger partial charge is 0.300 e. The molecule has 0 heterocycles. The summed E-state index contributed by atoms with van der Waals surface area (Å²) < 4.78 is 0. The van der Waals surface area contributed by atoms with E-state index in [1.54, 1.807) is 6.92 Å². The van der Waals surface area contributed by atoms with Crippen molar-refractivity contribution >= 4 is 5.78 Å². The van der Waals surface area contributed by atoms with Crippen LogP contribution in [0.3, 0.4) is 0 Å². The van der Waals surface area contributed by atoms with E-state index in [-0.39, 0.29) is 0 Å². The zero-order valence-electron chi connectivity index (χ0n) is 9.94. The van der Waals surface area contributed by atoms with Gasteiger partial charge in [-0.1, -0.05) is 33.1 Å². The number of hydrogen-bond acceptors (Lipinski definition) is 1. The van der Waals surface area contributed by atoms with Crippen LogP contribution in [-0.2, 0) is 4.79 Å². The first-order valence-corrected chi connectivity index (χ1v) is 6.02. The van der Waals surface area contributed by atoms with Crippen molar-refractivity contribution in [3.8, 4) is 0 Å². The summed E-state index contributed by atoms with van der Waals surface area (Å²) in [5.74, 6) is 1.20. The van der Waals surface area contributed by atoms with Crippen molar-refractivity contribution in [2.45, 2.75) is 65.7 Å². The smallest absolute Gasteiger partial charge is 0.129 e. The van der Waals surface area contributed by atoms with Crippen LogP contribution in [0, 0.1) is 11.3 Å². The number of carbonyl (C=O) groups excluding carboxylic acids is 1. The Labute approximate surface area is 88.3 Å². The molecule has 1 rings (SSSR count). The van der Waals surface area contributed by atoms with Crippen molar-refractivity contribution in [2.75, 3.05) is 0 Å². The third-order valence-corrected chi connectivity index (χ3v) is 3.83. The van der Waals surface area contributed by atoms with Crippen LogP contribution >= 0.6 is 0 Å². The molecule has 1 saturated carbocycles. The maximum absolute atomic E-state index is 11.0. The van der Waals surface area contributed by atoms with Crippen LogP contribution in [0.5, 0.6) is 0 Å². The molecule has 1 nitrogen and oxygen atoms in total. The van der Waals surface area contributed by atoms with E-state index >= 15 is 0 Å².